The average Bonchev–Trinajstić information content (AvgIpc) is 2.62. The van der Waals surface area contributed by atoms with Gasteiger partial charge >= 0.3 is 0 Å². The zero-order valence-electron chi connectivity index (χ0n) is 20.2. The van der Waals surface area contributed by atoms with Crippen molar-refractivity contribution in [3.63, 3.8) is 0 Å². The van der Waals surface area contributed by atoms with E-state index in [1.807, 2.05) is 19.1 Å². The van der Waals surface area contributed by atoms with Crippen LogP contribution in [0.1, 0.15) is 70.7 Å². The predicted octanol–water partition coefficient (Wildman–Crippen LogP) is 6.03. The Balaban J connectivity index is 2.29. The van der Waals surface area contributed by atoms with E-state index in [2.05, 4.69) is 71.7 Å². The minimum absolute atomic E-state index is 0.124. The van der Waals surface area contributed by atoms with E-state index in [-0.39, 0.29) is 10.8 Å². The maximum absolute atomic E-state index is 10.9. The van der Waals surface area contributed by atoms with Gasteiger partial charge in [-0.3, -0.25) is 4.90 Å². The van der Waals surface area contributed by atoms with Gasteiger partial charge in [-0.1, -0.05) is 59.7 Å². The number of rotatable bonds is 7. The first kappa shape index (κ1) is 24.1. The molecule has 0 unspecified atom stereocenters. The van der Waals surface area contributed by atoms with Crippen LogP contribution < -0.4 is 9.47 Å². The van der Waals surface area contributed by atoms with E-state index in [4.69, 9.17) is 9.47 Å². The van der Waals surface area contributed by atoms with Crippen molar-refractivity contribution in [2.75, 3.05) is 20.8 Å². The minimum atomic E-state index is -0.124. The standard InChI is InChI=1S/C26H39NO3/c1-10-30-22-12-11-18(15-23(22)29-9)16-27(8)17-19-13-20(25(2,3)4)24(28)21(14-19)26(5,6)7/h11-15,28H,10,16-17H2,1-9H3. The van der Waals surface area contributed by atoms with E-state index in [0.29, 0.717) is 12.4 Å². The van der Waals surface area contributed by atoms with Crippen molar-refractivity contribution in [3.8, 4) is 17.2 Å². The molecule has 2 aromatic carbocycles. The summed E-state index contributed by atoms with van der Waals surface area (Å²) in [5.41, 5.74) is 4.14. The van der Waals surface area contributed by atoms with Crippen molar-refractivity contribution in [1.82, 2.24) is 4.90 Å². The number of nitrogens with zero attached hydrogens (tertiary/aromatic N) is 1. The molecule has 0 saturated carbocycles. The lowest BCUT2D eigenvalue weighted by Gasteiger charge is -2.29. The molecule has 166 valence electrons. The molecule has 0 heterocycles. The fraction of sp³-hybridized carbons (Fsp3) is 0.538. The molecule has 0 saturated heterocycles. The Morgan fingerprint density at radius 3 is 1.83 bits per heavy atom. The minimum Gasteiger partial charge on any atom is -0.507 e. The molecule has 1 N–H and O–H groups in total. The fourth-order valence-electron chi connectivity index (χ4n) is 3.69. The van der Waals surface area contributed by atoms with Crippen molar-refractivity contribution in [3.05, 3.63) is 52.6 Å². The van der Waals surface area contributed by atoms with Crippen molar-refractivity contribution in [2.45, 2.75) is 72.4 Å². The zero-order valence-corrected chi connectivity index (χ0v) is 20.2. The molecule has 4 nitrogen and oxygen atoms in total. The molecule has 4 heteroatoms. The van der Waals surface area contributed by atoms with Crippen LogP contribution in [0, 0.1) is 0 Å². The second kappa shape index (κ2) is 9.30. The summed E-state index contributed by atoms with van der Waals surface area (Å²) in [4.78, 5) is 2.28. The Bertz CT molecular complexity index is 825. The van der Waals surface area contributed by atoms with E-state index in [1.165, 1.54) is 11.1 Å². The van der Waals surface area contributed by atoms with Crippen molar-refractivity contribution >= 4 is 0 Å². The molecule has 0 amide bonds. The second-order valence-corrected chi connectivity index (χ2v) is 10.1. The van der Waals surface area contributed by atoms with Crippen LogP contribution in [0.5, 0.6) is 17.2 Å². The molecule has 2 aromatic rings. The summed E-state index contributed by atoms with van der Waals surface area (Å²) in [6.45, 7) is 17.0. The highest BCUT2D eigenvalue weighted by molar-refractivity contribution is 5.50. The third-order valence-corrected chi connectivity index (χ3v) is 5.22. The lowest BCUT2D eigenvalue weighted by atomic mass is 9.78. The summed E-state index contributed by atoms with van der Waals surface area (Å²) in [7, 11) is 3.78. The normalized spacial score (nSPS) is 12.3. The van der Waals surface area contributed by atoms with E-state index >= 15 is 0 Å². The van der Waals surface area contributed by atoms with Crippen molar-refractivity contribution in [2.24, 2.45) is 0 Å². The lowest BCUT2D eigenvalue weighted by molar-refractivity contribution is 0.305. The van der Waals surface area contributed by atoms with E-state index in [9.17, 15) is 5.11 Å². The number of methoxy groups -OCH3 is 1. The zero-order chi connectivity index (χ0) is 22.7. The Labute approximate surface area is 182 Å². The number of hydrogen-bond donors (Lipinski definition) is 1. The molecule has 0 aromatic heterocycles. The van der Waals surface area contributed by atoms with Gasteiger partial charge in [0.15, 0.2) is 11.5 Å². The molecule has 0 atom stereocenters. The van der Waals surface area contributed by atoms with Gasteiger partial charge < -0.3 is 14.6 Å². The Hall–Kier alpha value is -2.20. The maximum Gasteiger partial charge on any atom is 0.161 e. The van der Waals surface area contributed by atoms with Crippen LogP contribution in [0.2, 0.25) is 0 Å². The maximum atomic E-state index is 10.9. The molecule has 0 radical (unpaired) electrons. The van der Waals surface area contributed by atoms with Crippen molar-refractivity contribution < 1.29 is 14.6 Å². The predicted molar refractivity (Wildman–Crippen MR) is 125 cm³/mol. The number of phenolic OH excluding ortho intramolecular Hbond substituents is 1. The highest BCUT2D eigenvalue weighted by atomic mass is 16.5. The van der Waals surface area contributed by atoms with Gasteiger partial charge in [0.25, 0.3) is 0 Å². The van der Waals surface area contributed by atoms with E-state index in [0.717, 1.165) is 35.7 Å². The smallest absolute Gasteiger partial charge is 0.161 e. The second-order valence-electron chi connectivity index (χ2n) is 10.1. The van der Waals surface area contributed by atoms with E-state index < -0.39 is 0 Å². The molecule has 0 fully saturated rings. The van der Waals surface area contributed by atoms with Crippen LogP contribution in [0.25, 0.3) is 0 Å². The largest absolute Gasteiger partial charge is 0.507 e. The quantitative estimate of drug-likeness (QED) is 0.602. The number of benzene rings is 2. The lowest BCUT2D eigenvalue weighted by Crippen LogP contribution is -2.21. The molecule has 0 aliphatic heterocycles. The fourth-order valence-corrected chi connectivity index (χ4v) is 3.69. The first-order valence-electron chi connectivity index (χ1n) is 10.7. The third kappa shape index (κ3) is 5.91. The number of ether oxygens (including phenoxy) is 2. The molecule has 0 bridgehead atoms. The van der Waals surface area contributed by atoms with Crippen LogP contribution in [0.4, 0.5) is 0 Å². The number of phenols is 1. The highest BCUT2D eigenvalue weighted by Crippen LogP contribution is 2.40. The summed E-state index contributed by atoms with van der Waals surface area (Å²) >= 11 is 0. The van der Waals surface area contributed by atoms with Gasteiger partial charge in [-0.2, -0.15) is 0 Å². The SMILES string of the molecule is CCOc1ccc(CN(C)Cc2cc(C(C)(C)C)c(O)c(C(C)(C)C)c2)cc1OC. The molecule has 0 aliphatic carbocycles. The van der Waals surface area contributed by atoms with Crippen LogP contribution in [0.3, 0.4) is 0 Å². The number of hydrogen-bond acceptors (Lipinski definition) is 4. The first-order valence-corrected chi connectivity index (χ1v) is 10.7. The Kier molecular flexibility index (Phi) is 7.46. The van der Waals surface area contributed by atoms with E-state index in [1.54, 1.807) is 7.11 Å². The van der Waals surface area contributed by atoms with Crippen molar-refractivity contribution in [1.29, 1.82) is 0 Å². The summed E-state index contributed by atoms with van der Waals surface area (Å²) < 4.78 is 11.1. The molecular weight excluding hydrogens is 374 g/mol. The van der Waals surface area contributed by atoms with Gasteiger partial charge in [0.1, 0.15) is 5.75 Å². The molecule has 30 heavy (non-hydrogen) atoms. The van der Waals surface area contributed by atoms with Crippen LogP contribution >= 0.6 is 0 Å². The monoisotopic (exact) mass is 413 g/mol. The molecule has 0 aliphatic rings. The molecular formula is C26H39NO3. The summed E-state index contributed by atoms with van der Waals surface area (Å²) in [5.74, 6) is 1.96. The Morgan fingerprint density at radius 1 is 0.833 bits per heavy atom. The molecule has 2 rings (SSSR count). The van der Waals surface area contributed by atoms with Gasteiger partial charge in [-0.05, 0) is 59.2 Å². The van der Waals surface area contributed by atoms with Gasteiger partial charge in [0.2, 0.25) is 0 Å². The van der Waals surface area contributed by atoms with Crippen LogP contribution in [-0.2, 0) is 23.9 Å². The van der Waals surface area contributed by atoms with Crippen LogP contribution in [-0.4, -0.2) is 30.8 Å². The van der Waals surface area contributed by atoms with Crippen LogP contribution in [0.15, 0.2) is 30.3 Å². The number of aromatic hydroxyl groups is 1. The highest BCUT2D eigenvalue weighted by Gasteiger charge is 2.26. The first-order chi connectivity index (χ1) is 13.9. The summed E-state index contributed by atoms with van der Waals surface area (Å²) in [6.07, 6.45) is 0. The van der Waals surface area contributed by atoms with Gasteiger partial charge in [0.05, 0.1) is 13.7 Å². The molecule has 0 spiro atoms. The summed E-state index contributed by atoms with van der Waals surface area (Å²) in [5, 5.41) is 10.9. The van der Waals surface area contributed by atoms with Gasteiger partial charge in [-0.25, -0.2) is 0 Å². The topological polar surface area (TPSA) is 41.9 Å². The third-order valence-electron chi connectivity index (χ3n) is 5.22. The Morgan fingerprint density at radius 2 is 1.37 bits per heavy atom. The van der Waals surface area contributed by atoms with Gasteiger partial charge in [-0.15, -0.1) is 0 Å². The summed E-state index contributed by atoms with van der Waals surface area (Å²) in [6, 6.07) is 10.4. The van der Waals surface area contributed by atoms with Gasteiger partial charge in [0, 0.05) is 13.1 Å². The average molecular weight is 414 g/mol.